The fourth-order valence-electron chi connectivity index (χ4n) is 3.13. The van der Waals surface area contributed by atoms with E-state index in [1.54, 1.807) is 0 Å². The Bertz CT molecular complexity index is 521. The quantitative estimate of drug-likeness (QED) is 0.739. The van der Waals surface area contributed by atoms with Gasteiger partial charge in [-0.15, -0.1) is 0 Å². The molecule has 2 rings (SSSR count). The van der Waals surface area contributed by atoms with Crippen LogP contribution in [0.4, 0.5) is 0 Å². The van der Waals surface area contributed by atoms with Crippen LogP contribution in [0.2, 0.25) is 0 Å². The minimum Gasteiger partial charge on any atom is -0.391 e. The van der Waals surface area contributed by atoms with Crippen molar-refractivity contribution in [3.63, 3.8) is 0 Å². The fourth-order valence-corrected chi connectivity index (χ4v) is 3.13. The third kappa shape index (κ3) is 5.17. The van der Waals surface area contributed by atoms with Crippen LogP contribution in [0.1, 0.15) is 37.8 Å². The predicted octanol–water partition coefficient (Wildman–Crippen LogP) is 3.60. The molecule has 0 aliphatic rings. The lowest BCUT2D eigenvalue weighted by Crippen LogP contribution is -2.50. The second kappa shape index (κ2) is 9.58. The van der Waals surface area contributed by atoms with Crippen LogP contribution in [0.25, 0.3) is 0 Å². The van der Waals surface area contributed by atoms with Gasteiger partial charge in [-0.1, -0.05) is 74.5 Å². The molecule has 0 heterocycles. The first-order valence-electron chi connectivity index (χ1n) is 8.83. The molecule has 2 N–H and O–H groups in total. The van der Waals surface area contributed by atoms with Crippen molar-refractivity contribution in [1.82, 2.24) is 4.90 Å². The summed E-state index contributed by atoms with van der Waals surface area (Å²) in [5.74, 6) is 0. The number of hydrogen-bond acceptors (Lipinski definition) is 3. The normalized spacial score (nSPS) is 15.2. The Labute approximate surface area is 145 Å². The molecule has 0 aliphatic heterocycles. The molecule has 0 saturated carbocycles. The van der Waals surface area contributed by atoms with Gasteiger partial charge >= 0.3 is 0 Å². The number of benzene rings is 2. The molecule has 0 radical (unpaired) electrons. The van der Waals surface area contributed by atoms with E-state index >= 15 is 0 Å². The third-order valence-corrected chi connectivity index (χ3v) is 4.50. The zero-order chi connectivity index (χ0) is 17.4. The highest BCUT2D eigenvalue weighted by Crippen LogP contribution is 2.21. The van der Waals surface area contributed by atoms with E-state index < -0.39 is 12.2 Å². The van der Waals surface area contributed by atoms with Gasteiger partial charge in [0.05, 0.1) is 18.2 Å². The molecule has 3 heteroatoms. The first-order chi connectivity index (χ1) is 11.7. The summed E-state index contributed by atoms with van der Waals surface area (Å²) < 4.78 is 0. The summed E-state index contributed by atoms with van der Waals surface area (Å²) in [6.45, 7) is 5.33. The predicted molar refractivity (Wildman–Crippen MR) is 98.5 cm³/mol. The van der Waals surface area contributed by atoms with Crippen molar-refractivity contribution in [3.05, 3.63) is 71.8 Å². The van der Waals surface area contributed by atoms with Crippen molar-refractivity contribution in [3.8, 4) is 0 Å². The van der Waals surface area contributed by atoms with Crippen LogP contribution in [0.5, 0.6) is 0 Å². The number of nitrogens with zero attached hydrogens (tertiary/aromatic N) is 1. The molecule has 0 aromatic heterocycles. The average Bonchev–Trinajstić information content (AvgIpc) is 2.63. The maximum absolute atomic E-state index is 10.5. The second-order valence-corrected chi connectivity index (χ2v) is 6.32. The summed E-state index contributed by atoms with van der Waals surface area (Å²) in [4.78, 5) is 2.20. The number of hydrogen-bond donors (Lipinski definition) is 2. The zero-order valence-corrected chi connectivity index (χ0v) is 14.7. The molecular weight excluding hydrogens is 298 g/mol. The Kier molecular flexibility index (Phi) is 7.44. The van der Waals surface area contributed by atoms with Crippen molar-refractivity contribution in [2.45, 2.75) is 58.0 Å². The van der Waals surface area contributed by atoms with Gasteiger partial charge in [-0.25, -0.2) is 0 Å². The van der Waals surface area contributed by atoms with Crippen molar-refractivity contribution < 1.29 is 10.2 Å². The summed E-state index contributed by atoms with van der Waals surface area (Å²) in [7, 11) is 0. The molecule has 0 fully saturated rings. The second-order valence-electron chi connectivity index (χ2n) is 6.32. The fraction of sp³-hybridized carbons (Fsp3) is 0.429. The summed E-state index contributed by atoms with van der Waals surface area (Å²) in [5, 5.41) is 21.1. The largest absolute Gasteiger partial charge is 0.391 e. The summed E-state index contributed by atoms with van der Waals surface area (Å²) in [6.07, 6.45) is 0.156. The van der Waals surface area contributed by atoms with Crippen molar-refractivity contribution in [2.24, 2.45) is 0 Å². The van der Waals surface area contributed by atoms with Crippen LogP contribution in [0.15, 0.2) is 60.7 Å². The van der Waals surface area contributed by atoms with Gasteiger partial charge in [-0.05, 0) is 24.0 Å². The maximum atomic E-state index is 10.5. The Hall–Kier alpha value is -1.68. The SMILES string of the molecule is CC[C@@H](O)C([C@@H](O)CC)N(Cc1ccccc1)Cc1ccccc1. The molecule has 0 bridgehead atoms. The van der Waals surface area contributed by atoms with E-state index in [9.17, 15) is 10.2 Å². The molecule has 0 saturated heterocycles. The summed E-state index contributed by atoms with van der Waals surface area (Å²) in [6, 6.07) is 20.2. The standard InChI is InChI=1S/C21H29NO2/c1-3-19(23)21(20(24)4-2)22(15-17-11-7-5-8-12-17)16-18-13-9-6-10-14-18/h5-14,19-21,23-24H,3-4,15-16H2,1-2H3/t19-,20+,21?. The van der Waals surface area contributed by atoms with E-state index in [4.69, 9.17) is 0 Å². The van der Waals surface area contributed by atoms with E-state index in [1.165, 1.54) is 11.1 Å². The molecule has 1 unspecified atom stereocenters. The molecule has 3 atom stereocenters. The lowest BCUT2D eigenvalue weighted by atomic mass is 9.97. The lowest BCUT2D eigenvalue weighted by molar-refractivity contribution is -0.0384. The van der Waals surface area contributed by atoms with Crippen LogP contribution in [-0.4, -0.2) is 33.4 Å². The molecule has 0 aliphatic carbocycles. The van der Waals surface area contributed by atoms with Gasteiger partial charge in [-0.3, -0.25) is 4.90 Å². The third-order valence-electron chi connectivity index (χ3n) is 4.50. The van der Waals surface area contributed by atoms with Gasteiger partial charge in [0.15, 0.2) is 0 Å². The first kappa shape index (κ1) is 18.7. The van der Waals surface area contributed by atoms with Crippen LogP contribution in [-0.2, 0) is 13.1 Å². The van der Waals surface area contributed by atoms with Crippen LogP contribution < -0.4 is 0 Å². The highest BCUT2D eigenvalue weighted by atomic mass is 16.3. The van der Waals surface area contributed by atoms with Crippen LogP contribution in [0.3, 0.4) is 0 Å². The van der Waals surface area contributed by atoms with E-state index in [-0.39, 0.29) is 6.04 Å². The molecule has 130 valence electrons. The summed E-state index contributed by atoms with van der Waals surface area (Å²) in [5.41, 5.74) is 2.37. The Morgan fingerprint density at radius 1 is 0.708 bits per heavy atom. The molecule has 24 heavy (non-hydrogen) atoms. The molecular formula is C21H29NO2. The molecule has 2 aromatic carbocycles. The van der Waals surface area contributed by atoms with E-state index in [1.807, 2.05) is 50.2 Å². The van der Waals surface area contributed by atoms with Crippen LogP contribution >= 0.6 is 0 Å². The monoisotopic (exact) mass is 327 g/mol. The Morgan fingerprint density at radius 3 is 1.42 bits per heavy atom. The zero-order valence-electron chi connectivity index (χ0n) is 14.7. The van der Waals surface area contributed by atoms with E-state index in [0.717, 1.165) is 0 Å². The smallest absolute Gasteiger partial charge is 0.0718 e. The molecule has 3 nitrogen and oxygen atoms in total. The van der Waals surface area contributed by atoms with Gasteiger partial charge in [0, 0.05) is 13.1 Å². The maximum Gasteiger partial charge on any atom is 0.0718 e. The number of aliphatic hydroxyl groups excluding tert-OH is 2. The van der Waals surface area contributed by atoms with Crippen molar-refractivity contribution in [2.75, 3.05) is 0 Å². The Balaban J connectivity index is 2.28. The van der Waals surface area contributed by atoms with E-state index in [2.05, 4.69) is 29.2 Å². The van der Waals surface area contributed by atoms with Crippen LogP contribution in [0, 0.1) is 0 Å². The lowest BCUT2D eigenvalue weighted by Gasteiger charge is -2.37. The molecule has 2 aromatic rings. The highest BCUT2D eigenvalue weighted by molar-refractivity contribution is 5.17. The van der Waals surface area contributed by atoms with Crippen molar-refractivity contribution in [1.29, 1.82) is 0 Å². The number of aliphatic hydroxyl groups is 2. The molecule has 0 amide bonds. The topological polar surface area (TPSA) is 43.7 Å². The Morgan fingerprint density at radius 2 is 1.08 bits per heavy atom. The van der Waals surface area contributed by atoms with Gasteiger partial charge < -0.3 is 10.2 Å². The number of rotatable bonds is 9. The minimum absolute atomic E-state index is 0.277. The van der Waals surface area contributed by atoms with E-state index in [0.29, 0.717) is 25.9 Å². The minimum atomic E-state index is -0.549. The van der Waals surface area contributed by atoms with Gasteiger partial charge in [0.1, 0.15) is 0 Å². The van der Waals surface area contributed by atoms with Gasteiger partial charge in [-0.2, -0.15) is 0 Å². The highest BCUT2D eigenvalue weighted by Gasteiger charge is 2.31. The molecule has 0 spiro atoms. The first-order valence-corrected chi connectivity index (χ1v) is 8.83. The van der Waals surface area contributed by atoms with Crippen molar-refractivity contribution >= 4 is 0 Å². The summed E-state index contributed by atoms with van der Waals surface area (Å²) >= 11 is 0. The average molecular weight is 327 g/mol. The van der Waals surface area contributed by atoms with Gasteiger partial charge in [0.25, 0.3) is 0 Å². The van der Waals surface area contributed by atoms with Gasteiger partial charge in [0.2, 0.25) is 0 Å².